The number of rotatable bonds is 9. The minimum atomic E-state index is -4.64. The molecule has 0 bridgehead atoms. The average molecular weight is 840 g/mol. The number of ether oxygens (including phenoxy) is 1. The van der Waals surface area contributed by atoms with Crippen LogP contribution in [0.3, 0.4) is 0 Å². The van der Waals surface area contributed by atoms with Crippen molar-refractivity contribution in [1.29, 1.82) is 0 Å². The predicted molar refractivity (Wildman–Crippen MR) is 227 cm³/mol. The van der Waals surface area contributed by atoms with Crippen LogP contribution in [-0.4, -0.2) is 28.5 Å². The second-order valence-electron chi connectivity index (χ2n) is 12.7. The van der Waals surface area contributed by atoms with Gasteiger partial charge in [-0.05, 0) is 88.1 Å². The van der Waals surface area contributed by atoms with Gasteiger partial charge in [0.15, 0.2) is 0 Å². The molecule has 0 aliphatic carbocycles. The number of nitrogens with zero attached hydrogens (tertiary/aromatic N) is 2. The second-order valence-corrected chi connectivity index (χ2v) is 13.7. The molecule has 3 aromatic heterocycles. The predicted octanol–water partition coefficient (Wildman–Crippen LogP) is 13.3. The van der Waals surface area contributed by atoms with Crippen LogP contribution < -0.4 is 5.32 Å². The zero-order valence-electron chi connectivity index (χ0n) is 32.7. The highest BCUT2D eigenvalue weighted by Gasteiger charge is 2.36. The van der Waals surface area contributed by atoms with E-state index >= 15 is 0 Å². The highest BCUT2D eigenvalue weighted by Crippen LogP contribution is 2.40. The summed E-state index contributed by atoms with van der Waals surface area (Å²) in [5.74, 6) is -1.32. The normalized spacial score (nSPS) is 11.2. The highest BCUT2D eigenvalue weighted by molar-refractivity contribution is 7.09. The molecule has 0 unspecified atom stereocenters. The molecule has 0 saturated carbocycles. The van der Waals surface area contributed by atoms with E-state index in [1.54, 1.807) is 79.7 Å². The molecule has 4 aromatic carbocycles. The van der Waals surface area contributed by atoms with Gasteiger partial charge in [-0.1, -0.05) is 106 Å². The molecule has 60 heavy (non-hydrogen) atoms. The minimum absolute atomic E-state index is 0.0862. The van der Waals surface area contributed by atoms with Crippen molar-refractivity contribution in [3.05, 3.63) is 166 Å². The van der Waals surface area contributed by atoms with E-state index in [2.05, 4.69) is 28.4 Å². The number of hydrogen-bond acceptors (Lipinski definition) is 6. The van der Waals surface area contributed by atoms with Gasteiger partial charge in [0.05, 0.1) is 35.3 Å². The smallest absolute Gasteiger partial charge is 0.418 e. The Balaban J connectivity index is 0.000000221. The number of thiophene rings is 1. The highest BCUT2D eigenvalue weighted by atomic mass is 32.1. The van der Waals surface area contributed by atoms with Crippen LogP contribution in [0.2, 0.25) is 0 Å². The number of aromatic nitrogens is 2. The molecule has 308 valence electrons. The van der Waals surface area contributed by atoms with Gasteiger partial charge in [0.25, 0.3) is 5.91 Å². The van der Waals surface area contributed by atoms with Crippen LogP contribution in [0.5, 0.6) is 0 Å². The number of nitrogens with one attached hydrogen (secondary N) is 1. The summed E-state index contributed by atoms with van der Waals surface area (Å²) >= 11 is 1.48. The third-order valence-electron chi connectivity index (χ3n) is 8.88. The van der Waals surface area contributed by atoms with Crippen LogP contribution in [0.25, 0.3) is 56.2 Å². The number of alkyl halides is 6. The van der Waals surface area contributed by atoms with Crippen molar-refractivity contribution in [2.24, 2.45) is 0 Å². The number of amides is 1. The van der Waals surface area contributed by atoms with E-state index in [0.717, 1.165) is 17.0 Å². The van der Waals surface area contributed by atoms with Crippen LogP contribution in [0, 0.1) is 0 Å². The number of fused-ring (bicyclic) bond motifs is 2. The number of carbonyl (C=O) groups excluding carboxylic acids is 2. The molecule has 0 fully saturated rings. The maximum Gasteiger partial charge on any atom is 0.418 e. The van der Waals surface area contributed by atoms with Crippen molar-refractivity contribution < 1.29 is 40.7 Å². The van der Waals surface area contributed by atoms with Gasteiger partial charge in [-0.2, -0.15) is 26.3 Å². The van der Waals surface area contributed by atoms with E-state index in [4.69, 9.17) is 4.74 Å². The van der Waals surface area contributed by atoms with Crippen molar-refractivity contribution in [2.45, 2.75) is 39.7 Å². The topological polar surface area (TPSA) is 81.2 Å². The number of carbonyl (C=O) groups is 2. The van der Waals surface area contributed by atoms with Crippen molar-refractivity contribution in [1.82, 2.24) is 15.3 Å². The van der Waals surface area contributed by atoms with Crippen LogP contribution in [0.1, 0.15) is 68.9 Å². The number of hydrogen-bond donors (Lipinski definition) is 1. The number of pyridine rings is 2. The summed E-state index contributed by atoms with van der Waals surface area (Å²) in [7, 11) is 0. The fourth-order valence-corrected chi connectivity index (χ4v) is 6.81. The lowest BCUT2D eigenvalue weighted by molar-refractivity contribution is -0.137. The van der Waals surface area contributed by atoms with Crippen LogP contribution in [0.15, 0.2) is 128 Å². The summed E-state index contributed by atoms with van der Waals surface area (Å²) in [6.45, 7) is 13.4. The first-order valence-corrected chi connectivity index (χ1v) is 19.5. The van der Waals surface area contributed by atoms with E-state index in [1.165, 1.54) is 35.6 Å². The summed E-state index contributed by atoms with van der Waals surface area (Å²) in [6.07, 6.45) is -6.43. The summed E-state index contributed by atoms with van der Waals surface area (Å²) in [5.41, 5.74) is 0.276. The van der Waals surface area contributed by atoms with Crippen molar-refractivity contribution in [3.63, 3.8) is 0 Å². The lowest BCUT2D eigenvalue weighted by atomic mass is 9.96. The van der Waals surface area contributed by atoms with Crippen molar-refractivity contribution in [2.75, 3.05) is 6.61 Å². The first kappa shape index (κ1) is 44.5. The molecule has 0 saturated heterocycles. The summed E-state index contributed by atoms with van der Waals surface area (Å²) in [6, 6.07) is 29.5. The molecule has 3 heterocycles. The van der Waals surface area contributed by atoms with E-state index in [-0.39, 0.29) is 41.0 Å². The number of esters is 1. The summed E-state index contributed by atoms with van der Waals surface area (Å²) < 4.78 is 88.0. The van der Waals surface area contributed by atoms with Gasteiger partial charge in [-0.15, -0.1) is 11.3 Å². The van der Waals surface area contributed by atoms with Gasteiger partial charge >= 0.3 is 18.3 Å². The number of benzene rings is 4. The summed E-state index contributed by atoms with van der Waals surface area (Å²) in [5, 5.41) is 5.15. The fraction of sp³-hybridized carbons (Fsp3) is 0.149. The maximum absolute atomic E-state index is 14.0. The monoisotopic (exact) mass is 839 g/mol. The third-order valence-corrected chi connectivity index (χ3v) is 9.75. The third kappa shape index (κ3) is 10.3. The SMILES string of the molecule is C=Cc1cc(C(=O)NCc2cccs2)nc2c(C(F)(F)F)cc(-c3ccccc3)cc12.C=Cc1cc(C(=O)OCC)nc2c(C(F)(F)F)cc(-c3ccccc3)cc12.CC. The largest absolute Gasteiger partial charge is 0.461 e. The van der Waals surface area contributed by atoms with Gasteiger partial charge in [0.2, 0.25) is 0 Å². The van der Waals surface area contributed by atoms with Gasteiger partial charge in [0, 0.05) is 15.6 Å². The lowest BCUT2D eigenvalue weighted by Gasteiger charge is -2.15. The quantitative estimate of drug-likeness (QED) is 0.116. The van der Waals surface area contributed by atoms with Crippen molar-refractivity contribution in [3.8, 4) is 22.3 Å². The van der Waals surface area contributed by atoms with Crippen LogP contribution in [0.4, 0.5) is 26.3 Å². The van der Waals surface area contributed by atoms with Gasteiger partial charge in [-0.3, -0.25) is 4.79 Å². The first-order chi connectivity index (χ1) is 28.7. The Hall–Kier alpha value is -6.60. The molecular weight excluding hydrogens is 801 g/mol. The lowest BCUT2D eigenvalue weighted by Crippen LogP contribution is -2.23. The Kier molecular flexibility index (Phi) is 14.4. The standard InChI is InChI=1S/C24H17F3N2OS.C21H16F3NO2.C2H6/c1-2-15-13-21(23(30)28-14-18-9-6-10-31-18)29-22-19(15)11-17(12-20(22)24(25,26)27)16-7-4-3-5-8-16;1-3-13-12-18(20(26)27-4-2)25-19-16(13)10-15(11-17(19)21(22,23)24)14-8-6-5-7-9-14;1-2/h2-13H,1,14H2,(H,28,30);3,5-12H,1,4H2,2H3;1-2H3. The molecule has 13 heteroatoms. The Labute approximate surface area is 346 Å². The number of halogens is 6. The van der Waals surface area contributed by atoms with E-state index in [9.17, 15) is 35.9 Å². The molecule has 0 spiro atoms. The fourth-order valence-electron chi connectivity index (χ4n) is 6.17. The van der Waals surface area contributed by atoms with Gasteiger partial charge in [-0.25, -0.2) is 14.8 Å². The molecule has 7 rings (SSSR count). The second kappa shape index (κ2) is 19.4. The summed E-state index contributed by atoms with van der Waals surface area (Å²) in [4.78, 5) is 33.6. The average Bonchev–Trinajstić information content (AvgIpc) is 3.79. The van der Waals surface area contributed by atoms with E-state index < -0.39 is 35.4 Å². The van der Waals surface area contributed by atoms with E-state index in [1.807, 2.05) is 31.4 Å². The molecule has 0 aliphatic heterocycles. The van der Waals surface area contributed by atoms with E-state index in [0.29, 0.717) is 38.8 Å². The van der Waals surface area contributed by atoms with Crippen molar-refractivity contribution >= 4 is 57.2 Å². The molecule has 0 aliphatic rings. The van der Waals surface area contributed by atoms with Crippen LogP contribution >= 0.6 is 11.3 Å². The Morgan fingerprint density at radius 3 is 1.55 bits per heavy atom. The van der Waals surface area contributed by atoms with Crippen LogP contribution in [-0.2, 0) is 23.6 Å². The molecular formula is C47H39F6N3O3S. The molecule has 6 nitrogen and oxygen atoms in total. The zero-order chi connectivity index (χ0) is 43.6. The Morgan fingerprint density at radius 2 is 1.13 bits per heavy atom. The van der Waals surface area contributed by atoms with Gasteiger partial charge < -0.3 is 10.1 Å². The molecule has 1 amide bonds. The Morgan fingerprint density at radius 1 is 0.667 bits per heavy atom. The zero-order valence-corrected chi connectivity index (χ0v) is 33.6. The maximum atomic E-state index is 14.0. The molecule has 1 N–H and O–H groups in total. The minimum Gasteiger partial charge on any atom is -0.461 e. The first-order valence-electron chi connectivity index (χ1n) is 18.7. The molecule has 0 atom stereocenters. The molecule has 0 radical (unpaired) electrons. The van der Waals surface area contributed by atoms with Gasteiger partial charge in [0.1, 0.15) is 11.4 Å². The Bertz CT molecular complexity index is 2630. The molecule has 7 aromatic rings.